The monoisotopic (exact) mass is 374 g/mol. The van der Waals surface area contributed by atoms with E-state index in [2.05, 4.69) is 4.98 Å². The molecule has 0 aliphatic heterocycles. The predicted octanol–water partition coefficient (Wildman–Crippen LogP) is 4.97. The predicted molar refractivity (Wildman–Crippen MR) is 89.3 cm³/mol. The van der Waals surface area contributed by atoms with Crippen molar-refractivity contribution in [1.29, 1.82) is 0 Å². The average Bonchev–Trinajstić information content (AvgIpc) is 2.93. The zero-order valence-electron chi connectivity index (χ0n) is 13.1. The van der Waals surface area contributed by atoms with E-state index in [9.17, 15) is 18.0 Å². The number of ketones is 1. The second-order valence-electron chi connectivity index (χ2n) is 5.28. The van der Waals surface area contributed by atoms with Gasteiger partial charge in [-0.2, -0.15) is 13.2 Å². The van der Waals surface area contributed by atoms with Crippen LogP contribution in [0.15, 0.2) is 30.6 Å². The van der Waals surface area contributed by atoms with Crippen molar-refractivity contribution in [3.63, 3.8) is 0 Å². The highest BCUT2D eigenvalue weighted by molar-refractivity contribution is 7.15. The van der Waals surface area contributed by atoms with E-state index in [0.717, 1.165) is 12.3 Å². The lowest BCUT2D eigenvalue weighted by Gasteiger charge is -2.13. The van der Waals surface area contributed by atoms with E-state index in [-0.39, 0.29) is 16.5 Å². The van der Waals surface area contributed by atoms with Crippen LogP contribution in [0.1, 0.15) is 32.7 Å². The Kier molecular flexibility index (Phi) is 5.35. The van der Waals surface area contributed by atoms with Gasteiger partial charge >= 0.3 is 6.18 Å². The van der Waals surface area contributed by atoms with Crippen LogP contribution in [-0.4, -0.2) is 29.8 Å². The molecule has 128 valence electrons. The molecular weight excluding hydrogens is 361 g/mol. The molecule has 0 aliphatic carbocycles. The van der Waals surface area contributed by atoms with Gasteiger partial charge in [0.05, 0.1) is 21.2 Å². The third-order valence-corrected chi connectivity index (χ3v) is 4.54. The number of halogens is 4. The van der Waals surface area contributed by atoms with Crippen LogP contribution in [0.4, 0.5) is 13.2 Å². The zero-order chi connectivity index (χ0) is 18.1. The van der Waals surface area contributed by atoms with Gasteiger partial charge in [0, 0.05) is 36.9 Å². The Balaban J connectivity index is 2.55. The molecule has 0 atom stereocenters. The maximum atomic E-state index is 12.8. The molecule has 8 heteroatoms. The molecule has 2 heterocycles. The van der Waals surface area contributed by atoms with E-state index in [1.807, 2.05) is 0 Å². The minimum absolute atomic E-state index is 0.0815. The standard InChI is InChI=1S/C16H14ClF3N2OS/c1-9(23)13-4-5-14(24-13)11(8-22(2)3)15-12(17)6-10(7-21-15)16(18,19)20/h4-8H,1-3H3/b11-8-. The maximum absolute atomic E-state index is 12.8. The van der Waals surface area contributed by atoms with Gasteiger partial charge in [0.1, 0.15) is 0 Å². The Bertz CT molecular complexity index is 797. The SMILES string of the molecule is CC(=O)c1ccc(/C(=C/N(C)C)c2ncc(C(F)(F)F)cc2Cl)s1. The highest BCUT2D eigenvalue weighted by Gasteiger charge is 2.32. The number of thiophene rings is 1. The van der Waals surface area contributed by atoms with E-state index < -0.39 is 11.7 Å². The van der Waals surface area contributed by atoms with Gasteiger partial charge in [0.25, 0.3) is 0 Å². The summed E-state index contributed by atoms with van der Waals surface area (Å²) in [5.41, 5.74) is -0.123. The van der Waals surface area contributed by atoms with E-state index in [1.54, 1.807) is 37.3 Å². The fraction of sp³-hybridized carbons (Fsp3) is 0.250. The van der Waals surface area contributed by atoms with Crippen LogP contribution in [0.2, 0.25) is 5.02 Å². The molecule has 0 bridgehead atoms. The molecule has 0 N–H and O–H groups in total. The quantitative estimate of drug-likeness (QED) is 0.708. The number of Topliss-reactive ketones (excluding diaryl/α,β-unsaturated/α-hetero) is 1. The number of pyridine rings is 1. The van der Waals surface area contributed by atoms with Gasteiger partial charge in [-0.25, -0.2) is 0 Å². The van der Waals surface area contributed by atoms with Gasteiger partial charge in [-0.15, -0.1) is 11.3 Å². The Morgan fingerprint density at radius 3 is 2.38 bits per heavy atom. The lowest BCUT2D eigenvalue weighted by Crippen LogP contribution is -2.08. The first-order valence-electron chi connectivity index (χ1n) is 6.82. The number of hydrogen-bond acceptors (Lipinski definition) is 4. The van der Waals surface area contributed by atoms with Crippen LogP contribution < -0.4 is 0 Å². The van der Waals surface area contributed by atoms with Crippen LogP contribution >= 0.6 is 22.9 Å². The third kappa shape index (κ3) is 4.15. The third-order valence-electron chi connectivity index (χ3n) is 3.03. The number of nitrogens with zero attached hydrogens (tertiary/aromatic N) is 2. The van der Waals surface area contributed by atoms with E-state index >= 15 is 0 Å². The van der Waals surface area contributed by atoms with Gasteiger partial charge in [-0.3, -0.25) is 9.78 Å². The van der Waals surface area contributed by atoms with Gasteiger partial charge in [-0.05, 0) is 25.1 Å². The van der Waals surface area contributed by atoms with Crippen LogP contribution in [0.3, 0.4) is 0 Å². The Hall–Kier alpha value is -1.86. The molecule has 0 radical (unpaired) electrons. The summed E-state index contributed by atoms with van der Waals surface area (Å²) in [6, 6.07) is 4.25. The first-order valence-corrected chi connectivity index (χ1v) is 8.01. The maximum Gasteiger partial charge on any atom is 0.417 e. The minimum Gasteiger partial charge on any atom is -0.383 e. The molecule has 2 aromatic heterocycles. The normalized spacial score (nSPS) is 12.4. The molecule has 0 aromatic carbocycles. The van der Waals surface area contributed by atoms with Gasteiger partial charge in [0.2, 0.25) is 0 Å². The van der Waals surface area contributed by atoms with Crippen molar-refractivity contribution in [2.75, 3.05) is 14.1 Å². The fourth-order valence-electron chi connectivity index (χ4n) is 1.96. The highest BCUT2D eigenvalue weighted by Crippen LogP contribution is 2.36. The fourth-order valence-corrected chi connectivity index (χ4v) is 3.14. The van der Waals surface area contributed by atoms with Crippen molar-refractivity contribution in [3.8, 4) is 0 Å². The zero-order valence-corrected chi connectivity index (χ0v) is 14.7. The van der Waals surface area contributed by atoms with Crippen molar-refractivity contribution < 1.29 is 18.0 Å². The lowest BCUT2D eigenvalue weighted by molar-refractivity contribution is -0.137. The Morgan fingerprint density at radius 1 is 1.29 bits per heavy atom. The Labute approximate surface area is 146 Å². The number of hydrogen-bond donors (Lipinski definition) is 0. The molecule has 3 nitrogen and oxygen atoms in total. The highest BCUT2D eigenvalue weighted by atomic mass is 35.5. The molecular formula is C16H14ClF3N2OS. The summed E-state index contributed by atoms with van der Waals surface area (Å²) in [6.07, 6.45) is -2.05. The largest absolute Gasteiger partial charge is 0.417 e. The smallest absolute Gasteiger partial charge is 0.383 e. The summed E-state index contributed by atoms with van der Waals surface area (Å²) < 4.78 is 38.3. The summed E-state index contributed by atoms with van der Waals surface area (Å²) in [7, 11) is 3.55. The number of carbonyl (C=O) groups is 1. The second-order valence-corrected chi connectivity index (χ2v) is 6.77. The topological polar surface area (TPSA) is 33.2 Å². The molecule has 24 heavy (non-hydrogen) atoms. The van der Waals surface area contributed by atoms with Crippen LogP contribution in [0.5, 0.6) is 0 Å². The minimum atomic E-state index is -4.51. The van der Waals surface area contributed by atoms with E-state index in [0.29, 0.717) is 15.3 Å². The van der Waals surface area contributed by atoms with E-state index in [4.69, 9.17) is 11.6 Å². The van der Waals surface area contributed by atoms with Crippen molar-refractivity contribution in [1.82, 2.24) is 9.88 Å². The second kappa shape index (κ2) is 6.94. The molecule has 0 saturated carbocycles. The van der Waals surface area contributed by atoms with Crippen LogP contribution in [0.25, 0.3) is 5.57 Å². The molecule has 0 spiro atoms. The molecule has 0 unspecified atom stereocenters. The van der Waals surface area contributed by atoms with Gasteiger partial charge in [-0.1, -0.05) is 11.6 Å². The molecule has 2 rings (SSSR count). The van der Waals surface area contributed by atoms with Crippen LogP contribution in [0, 0.1) is 0 Å². The Morgan fingerprint density at radius 2 is 1.92 bits per heavy atom. The summed E-state index contributed by atoms with van der Waals surface area (Å²) in [5, 5.41) is -0.101. The van der Waals surface area contributed by atoms with Crippen molar-refractivity contribution >= 4 is 34.3 Å². The van der Waals surface area contributed by atoms with Crippen LogP contribution in [-0.2, 0) is 6.18 Å². The first kappa shape index (κ1) is 18.5. The molecule has 0 amide bonds. The summed E-state index contributed by atoms with van der Waals surface area (Å²) >= 11 is 7.29. The van der Waals surface area contributed by atoms with E-state index in [1.165, 1.54) is 18.3 Å². The average molecular weight is 375 g/mol. The molecule has 0 aliphatic rings. The molecule has 0 fully saturated rings. The summed E-state index contributed by atoms with van der Waals surface area (Å²) in [6.45, 7) is 1.45. The number of alkyl halides is 3. The molecule has 2 aromatic rings. The van der Waals surface area contributed by atoms with Gasteiger partial charge < -0.3 is 4.90 Å². The van der Waals surface area contributed by atoms with Crippen molar-refractivity contribution in [2.45, 2.75) is 13.1 Å². The first-order chi connectivity index (χ1) is 11.1. The lowest BCUT2D eigenvalue weighted by atomic mass is 10.1. The van der Waals surface area contributed by atoms with Gasteiger partial charge in [0.15, 0.2) is 5.78 Å². The summed E-state index contributed by atoms with van der Waals surface area (Å²) in [4.78, 5) is 18.4. The molecule has 0 saturated heterocycles. The van der Waals surface area contributed by atoms with Crippen molar-refractivity contribution in [3.05, 3.63) is 56.6 Å². The number of rotatable bonds is 4. The van der Waals surface area contributed by atoms with Crippen molar-refractivity contribution in [2.24, 2.45) is 0 Å². The number of aromatic nitrogens is 1. The number of carbonyl (C=O) groups excluding carboxylic acids is 1. The summed E-state index contributed by atoms with van der Waals surface area (Å²) in [5.74, 6) is -0.0815.